The first-order valence-electron chi connectivity index (χ1n) is 8.87. The molecular weight excluding hydrogens is 332 g/mol. The normalized spacial score (nSPS) is 17.9. The van der Waals surface area contributed by atoms with E-state index >= 15 is 0 Å². The molecule has 1 aliphatic carbocycles. The van der Waals surface area contributed by atoms with Gasteiger partial charge in [-0.05, 0) is 32.9 Å². The lowest BCUT2D eigenvalue weighted by molar-refractivity contribution is 0.634. The maximum atomic E-state index is 4.75. The van der Waals surface area contributed by atoms with Gasteiger partial charge < -0.3 is 9.80 Å². The number of hydrogen-bond donors (Lipinski definition) is 0. The zero-order chi connectivity index (χ0) is 17.4. The van der Waals surface area contributed by atoms with Crippen LogP contribution in [-0.2, 0) is 0 Å². The van der Waals surface area contributed by atoms with Crippen molar-refractivity contribution in [2.75, 3.05) is 42.2 Å². The van der Waals surface area contributed by atoms with E-state index in [1.165, 1.54) is 18.5 Å². The Morgan fingerprint density at radius 2 is 1.52 bits per heavy atom. The van der Waals surface area contributed by atoms with Crippen LogP contribution in [0.5, 0.6) is 0 Å². The highest BCUT2D eigenvalue weighted by molar-refractivity contribution is 7.98. The second-order valence-electron chi connectivity index (χ2n) is 6.80. The van der Waals surface area contributed by atoms with Crippen LogP contribution in [0.1, 0.15) is 36.0 Å². The van der Waals surface area contributed by atoms with Gasteiger partial charge in [0, 0.05) is 49.9 Å². The monoisotopic (exact) mass is 356 g/mol. The smallest absolute Gasteiger partial charge is 0.189 e. The zero-order valence-corrected chi connectivity index (χ0v) is 15.9. The van der Waals surface area contributed by atoms with Gasteiger partial charge in [0.25, 0.3) is 0 Å². The van der Waals surface area contributed by atoms with Crippen LogP contribution >= 0.6 is 11.8 Å². The van der Waals surface area contributed by atoms with Crippen LogP contribution < -0.4 is 9.80 Å². The molecular formula is C18H24N6S. The molecule has 0 amide bonds. The van der Waals surface area contributed by atoms with E-state index < -0.39 is 0 Å². The van der Waals surface area contributed by atoms with Crippen LogP contribution in [0, 0.1) is 13.8 Å². The summed E-state index contributed by atoms with van der Waals surface area (Å²) in [6, 6.07) is 4.27. The second-order valence-corrected chi connectivity index (χ2v) is 7.57. The number of aromatic nitrogens is 4. The van der Waals surface area contributed by atoms with Crippen LogP contribution in [-0.4, -0.2) is 52.4 Å². The molecule has 1 aliphatic heterocycles. The zero-order valence-electron chi connectivity index (χ0n) is 15.1. The van der Waals surface area contributed by atoms with Crippen molar-refractivity contribution in [1.29, 1.82) is 0 Å². The average molecular weight is 356 g/mol. The topological polar surface area (TPSA) is 58.0 Å². The molecule has 2 fully saturated rings. The molecule has 0 N–H and O–H groups in total. The lowest BCUT2D eigenvalue weighted by atomic mass is 10.2. The van der Waals surface area contributed by atoms with E-state index in [2.05, 4.69) is 36.9 Å². The molecule has 0 atom stereocenters. The Morgan fingerprint density at radius 3 is 2.08 bits per heavy atom. The Balaban J connectivity index is 1.49. The number of thioether (sulfide) groups is 1. The van der Waals surface area contributed by atoms with E-state index in [-0.39, 0.29) is 0 Å². The van der Waals surface area contributed by atoms with Gasteiger partial charge in [-0.1, -0.05) is 11.8 Å². The van der Waals surface area contributed by atoms with Crippen LogP contribution in [0.3, 0.4) is 0 Å². The third kappa shape index (κ3) is 3.71. The number of rotatable bonds is 4. The summed E-state index contributed by atoms with van der Waals surface area (Å²) in [5.74, 6) is 3.61. The molecule has 2 aromatic rings. The van der Waals surface area contributed by atoms with Gasteiger partial charge in [-0.3, -0.25) is 0 Å². The van der Waals surface area contributed by atoms with Gasteiger partial charge in [0.1, 0.15) is 17.5 Å². The van der Waals surface area contributed by atoms with E-state index in [1.807, 2.05) is 20.1 Å². The molecule has 0 aromatic carbocycles. The molecule has 7 heteroatoms. The summed E-state index contributed by atoms with van der Waals surface area (Å²) >= 11 is 1.63. The van der Waals surface area contributed by atoms with Crippen molar-refractivity contribution in [3.63, 3.8) is 0 Å². The molecule has 25 heavy (non-hydrogen) atoms. The van der Waals surface area contributed by atoms with E-state index in [1.54, 1.807) is 11.8 Å². The van der Waals surface area contributed by atoms with Gasteiger partial charge in [-0.2, -0.15) is 0 Å². The number of nitrogens with zero attached hydrogens (tertiary/aromatic N) is 6. The summed E-state index contributed by atoms with van der Waals surface area (Å²) in [5.41, 5.74) is 2.25. The first-order chi connectivity index (χ1) is 12.1. The van der Waals surface area contributed by atoms with E-state index in [0.29, 0.717) is 5.92 Å². The molecule has 132 valence electrons. The van der Waals surface area contributed by atoms with Crippen LogP contribution in [0.15, 0.2) is 17.3 Å². The number of aryl methyl sites for hydroxylation is 2. The molecule has 2 aromatic heterocycles. The summed E-state index contributed by atoms with van der Waals surface area (Å²) in [4.78, 5) is 23.1. The van der Waals surface area contributed by atoms with Crippen molar-refractivity contribution >= 4 is 23.4 Å². The van der Waals surface area contributed by atoms with Crippen molar-refractivity contribution in [2.45, 2.75) is 37.8 Å². The Labute approximate surface area is 153 Å². The minimum atomic E-state index is 0.654. The highest BCUT2D eigenvalue weighted by atomic mass is 32.2. The van der Waals surface area contributed by atoms with E-state index in [9.17, 15) is 0 Å². The Kier molecular flexibility index (Phi) is 4.50. The molecule has 1 saturated carbocycles. The van der Waals surface area contributed by atoms with Crippen molar-refractivity contribution in [2.24, 2.45) is 0 Å². The van der Waals surface area contributed by atoms with Crippen LogP contribution in [0.4, 0.5) is 11.6 Å². The molecule has 6 nitrogen and oxygen atoms in total. The summed E-state index contributed by atoms with van der Waals surface area (Å²) in [7, 11) is 0. The van der Waals surface area contributed by atoms with Crippen molar-refractivity contribution < 1.29 is 0 Å². The summed E-state index contributed by atoms with van der Waals surface area (Å²) in [6.07, 6.45) is 4.59. The minimum Gasteiger partial charge on any atom is -0.353 e. The average Bonchev–Trinajstić information content (AvgIpc) is 3.46. The summed E-state index contributed by atoms with van der Waals surface area (Å²) in [5, 5.41) is 0.892. The maximum absolute atomic E-state index is 4.75. The van der Waals surface area contributed by atoms with Gasteiger partial charge in [0.05, 0.1) is 5.69 Å². The largest absolute Gasteiger partial charge is 0.353 e. The number of anilines is 2. The van der Waals surface area contributed by atoms with Gasteiger partial charge in [0.2, 0.25) is 0 Å². The van der Waals surface area contributed by atoms with Crippen molar-refractivity contribution in [3.8, 4) is 0 Å². The molecule has 3 heterocycles. The molecule has 0 unspecified atom stereocenters. The first-order valence-corrected chi connectivity index (χ1v) is 10.1. The Bertz CT molecular complexity index is 748. The molecule has 0 spiro atoms. The van der Waals surface area contributed by atoms with Crippen molar-refractivity contribution in [3.05, 3.63) is 29.3 Å². The fraction of sp³-hybridized carbons (Fsp3) is 0.556. The van der Waals surface area contributed by atoms with E-state index in [0.717, 1.165) is 54.5 Å². The van der Waals surface area contributed by atoms with Crippen LogP contribution in [0.25, 0.3) is 0 Å². The lowest BCUT2D eigenvalue weighted by Crippen LogP contribution is -2.47. The maximum Gasteiger partial charge on any atom is 0.189 e. The fourth-order valence-corrected chi connectivity index (χ4v) is 3.68. The highest BCUT2D eigenvalue weighted by Gasteiger charge is 2.27. The molecule has 0 bridgehead atoms. The number of piperazine rings is 1. The van der Waals surface area contributed by atoms with Crippen molar-refractivity contribution in [1.82, 2.24) is 19.9 Å². The molecule has 4 rings (SSSR count). The third-order valence-electron chi connectivity index (χ3n) is 4.77. The van der Waals surface area contributed by atoms with Gasteiger partial charge in [-0.15, -0.1) is 0 Å². The second kappa shape index (κ2) is 6.78. The minimum absolute atomic E-state index is 0.654. The SMILES string of the molecule is CSc1nc(C2CC2)cc(N2CCN(c3cc(C)nc(C)n3)CC2)n1. The van der Waals surface area contributed by atoms with E-state index in [4.69, 9.17) is 4.98 Å². The molecule has 0 radical (unpaired) electrons. The summed E-state index contributed by atoms with van der Waals surface area (Å²) < 4.78 is 0. The lowest BCUT2D eigenvalue weighted by Gasteiger charge is -2.36. The predicted octanol–water partition coefficient (Wildman–Crippen LogP) is 2.81. The number of hydrogen-bond acceptors (Lipinski definition) is 7. The summed E-state index contributed by atoms with van der Waals surface area (Å²) in [6.45, 7) is 7.80. The van der Waals surface area contributed by atoms with Crippen LogP contribution in [0.2, 0.25) is 0 Å². The highest BCUT2D eigenvalue weighted by Crippen LogP contribution is 2.40. The van der Waals surface area contributed by atoms with Gasteiger partial charge in [0.15, 0.2) is 5.16 Å². The fourth-order valence-electron chi connectivity index (χ4n) is 3.30. The first kappa shape index (κ1) is 16.6. The molecule has 2 aliphatic rings. The third-order valence-corrected chi connectivity index (χ3v) is 5.32. The quantitative estimate of drug-likeness (QED) is 0.617. The van der Waals surface area contributed by atoms with Gasteiger partial charge >= 0.3 is 0 Å². The molecule has 1 saturated heterocycles. The van der Waals surface area contributed by atoms with Gasteiger partial charge in [-0.25, -0.2) is 19.9 Å². The Hall–Kier alpha value is -1.89. The predicted molar refractivity (Wildman–Crippen MR) is 102 cm³/mol. The Morgan fingerprint density at radius 1 is 0.880 bits per heavy atom. The standard InChI is InChI=1S/C18H24N6S/c1-12-10-16(20-13(2)19-12)23-6-8-24(9-7-23)17-11-15(14-4-5-14)21-18(22-17)25-3/h10-11,14H,4-9H2,1-3H3.